The molecule has 3 aromatic rings. The summed E-state index contributed by atoms with van der Waals surface area (Å²) in [7, 11) is 0. The smallest absolute Gasteiger partial charge is 0.330 e. The number of aromatic amines is 1. The number of hydrogen-bond acceptors (Lipinski definition) is 5. The van der Waals surface area contributed by atoms with Gasteiger partial charge in [-0.1, -0.05) is 56.3 Å². The highest BCUT2D eigenvalue weighted by Crippen LogP contribution is 2.21. The van der Waals surface area contributed by atoms with E-state index in [1.54, 1.807) is 6.07 Å². The van der Waals surface area contributed by atoms with E-state index in [0.29, 0.717) is 6.42 Å². The Morgan fingerprint density at radius 1 is 1.12 bits per heavy atom. The second-order valence-corrected chi connectivity index (χ2v) is 8.01. The lowest BCUT2D eigenvalue weighted by atomic mass is 10.1. The van der Waals surface area contributed by atoms with Crippen molar-refractivity contribution in [2.45, 2.75) is 26.8 Å². The zero-order valence-corrected chi connectivity index (χ0v) is 18.6. The first-order valence-electron chi connectivity index (χ1n) is 10.6. The van der Waals surface area contributed by atoms with Crippen molar-refractivity contribution in [1.29, 1.82) is 0 Å². The molecule has 0 aliphatic carbocycles. The number of benzene rings is 2. The molecule has 8 nitrogen and oxygen atoms in total. The third kappa shape index (κ3) is 5.88. The van der Waals surface area contributed by atoms with Gasteiger partial charge in [0.25, 0.3) is 11.5 Å². The molecule has 9 heteroatoms. The van der Waals surface area contributed by atoms with Gasteiger partial charge in [0.15, 0.2) is 23.9 Å². The average molecular weight is 455 g/mol. The monoisotopic (exact) mass is 454 g/mol. The van der Waals surface area contributed by atoms with Crippen molar-refractivity contribution in [2.24, 2.45) is 5.92 Å². The molecule has 2 aromatic carbocycles. The number of nitrogens with two attached hydrogens (primary N) is 1. The highest BCUT2D eigenvalue weighted by atomic mass is 19.1. The summed E-state index contributed by atoms with van der Waals surface area (Å²) >= 11 is 0. The summed E-state index contributed by atoms with van der Waals surface area (Å²) in [5.74, 6) is -1.17. The second kappa shape index (κ2) is 10.6. The maximum Gasteiger partial charge on any atom is 0.330 e. The zero-order chi connectivity index (χ0) is 24.0. The van der Waals surface area contributed by atoms with Crippen LogP contribution < -0.4 is 26.6 Å². The van der Waals surface area contributed by atoms with Crippen molar-refractivity contribution in [3.8, 4) is 5.75 Å². The standard InChI is InChI=1S/C24H27FN4O4/c1-16(2)12-13-28(20(30)15-33-19-11-7-6-10-18(19)25)21-22(26)29(24(32)27-23(21)31)14-17-8-4-3-5-9-17/h3-11,16H,12-15,26H2,1-2H3,(H,27,31,32). The Morgan fingerprint density at radius 2 is 1.79 bits per heavy atom. The minimum Gasteiger partial charge on any atom is -0.481 e. The van der Waals surface area contributed by atoms with Crippen molar-refractivity contribution in [3.63, 3.8) is 0 Å². The highest BCUT2D eigenvalue weighted by Gasteiger charge is 2.25. The third-order valence-corrected chi connectivity index (χ3v) is 5.09. The van der Waals surface area contributed by atoms with Crippen LogP contribution in [0, 0.1) is 11.7 Å². The van der Waals surface area contributed by atoms with Gasteiger partial charge in [0.05, 0.1) is 6.54 Å². The lowest BCUT2D eigenvalue weighted by Gasteiger charge is -2.25. The van der Waals surface area contributed by atoms with E-state index in [1.807, 2.05) is 44.2 Å². The number of carbonyl (C=O) groups excluding carboxylic acids is 1. The largest absolute Gasteiger partial charge is 0.481 e. The fourth-order valence-electron chi connectivity index (χ4n) is 3.29. The minimum absolute atomic E-state index is 0.0782. The molecule has 3 N–H and O–H groups in total. The van der Waals surface area contributed by atoms with Gasteiger partial charge in [0, 0.05) is 6.54 Å². The topological polar surface area (TPSA) is 110 Å². The molecule has 0 saturated heterocycles. The molecule has 1 amide bonds. The summed E-state index contributed by atoms with van der Waals surface area (Å²) in [4.78, 5) is 41.8. The zero-order valence-electron chi connectivity index (χ0n) is 18.6. The van der Waals surface area contributed by atoms with Crippen LogP contribution in [-0.2, 0) is 11.3 Å². The SMILES string of the molecule is CC(C)CCN(C(=O)COc1ccccc1F)c1c(N)n(Cc2ccccc2)c(=O)[nH]c1=O. The summed E-state index contributed by atoms with van der Waals surface area (Å²) in [5, 5.41) is 0. The molecule has 0 bridgehead atoms. The van der Waals surface area contributed by atoms with Crippen LogP contribution in [0.15, 0.2) is 64.2 Å². The van der Waals surface area contributed by atoms with Crippen LogP contribution in [0.25, 0.3) is 0 Å². The summed E-state index contributed by atoms with van der Waals surface area (Å²) in [6.07, 6.45) is 0.572. The van der Waals surface area contributed by atoms with Crippen LogP contribution in [0.3, 0.4) is 0 Å². The fraction of sp³-hybridized carbons (Fsp3) is 0.292. The van der Waals surface area contributed by atoms with Gasteiger partial charge in [0.2, 0.25) is 0 Å². The number of nitrogens with zero attached hydrogens (tertiary/aromatic N) is 2. The maximum atomic E-state index is 13.9. The predicted octanol–water partition coefficient (Wildman–Crippen LogP) is 2.76. The van der Waals surface area contributed by atoms with Crippen molar-refractivity contribution in [1.82, 2.24) is 9.55 Å². The Hall–Kier alpha value is -3.88. The van der Waals surface area contributed by atoms with Crippen LogP contribution in [0.2, 0.25) is 0 Å². The van der Waals surface area contributed by atoms with Crippen LogP contribution in [-0.4, -0.2) is 28.6 Å². The molecule has 0 saturated carbocycles. The molecule has 0 atom stereocenters. The minimum atomic E-state index is -0.773. The first-order valence-corrected chi connectivity index (χ1v) is 10.6. The Balaban J connectivity index is 1.96. The quantitative estimate of drug-likeness (QED) is 0.517. The Bertz CT molecular complexity index is 1220. The number of hydrogen-bond donors (Lipinski definition) is 2. The van der Waals surface area contributed by atoms with Crippen molar-refractivity contribution in [3.05, 3.63) is 86.8 Å². The lowest BCUT2D eigenvalue weighted by Crippen LogP contribution is -2.43. The van der Waals surface area contributed by atoms with E-state index in [2.05, 4.69) is 4.98 Å². The van der Waals surface area contributed by atoms with Gasteiger partial charge >= 0.3 is 5.69 Å². The number of nitrogen functional groups attached to an aromatic ring is 1. The number of ether oxygens (including phenoxy) is 1. The van der Waals surface area contributed by atoms with E-state index in [-0.39, 0.29) is 36.3 Å². The van der Waals surface area contributed by atoms with Gasteiger partial charge < -0.3 is 15.4 Å². The number of aromatic nitrogens is 2. The molecule has 0 aliphatic rings. The van der Waals surface area contributed by atoms with Gasteiger partial charge in [-0.15, -0.1) is 0 Å². The van der Waals surface area contributed by atoms with E-state index >= 15 is 0 Å². The van der Waals surface area contributed by atoms with Crippen LogP contribution in [0.4, 0.5) is 15.9 Å². The molecule has 0 spiro atoms. The summed E-state index contributed by atoms with van der Waals surface area (Å²) < 4.78 is 20.4. The molecule has 0 aliphatic heterocycles. The number of nitrogens with one attached hydrogen (secondary N) is 1. The first-order chi connectivity index (χ1) is 15.8. The molecule has 1 aromatic heterocycles. The van der Waals surface area contributed by atoms with E-state index in [1.165, 1.54) is 27.7 Å². The van der Waals surface area contributed by atoms with Gasteiger partial charge in [-0.2, -0.15) is 0 Å². The fourth-order valence-corrected chi connectivity index (χ4v) is 3.29. The maximum absolute atomic E-state index is 13.9. The normalized spacial score (nSPS) is 10.9. The number of halogens is 1. The summed E-state index contributed by atoms with van der Waals surface area (Å²) in [6, 6.07) is 14.8. The third-order valence-electron chi connectivity index (χ3n) is 5.09. The molecular formula is C24H27FN4O4. The molecule has 0 unspecified atom stereocenters. The average Bonchev–Trinajstić information content (AvgIpc) is 2.78. The van der Waals surface area contributed by atoms with Gasteiger partial charge in [-0.05, 0) is 30.0 Å². The van der Waals surface area contributed by atoms with E-state index in [4.69, 9.17) is 10.5 Å². The van der Waals surface area contributed by atoms with E-state index in [9.17, 15) is 18.8 Å². The van der Waals surface area contributed by atoms with E-state index < -0.39 is 29.6 Å². The number of para-hydroxylation sites is 1. The molecular weight excluding hydrogens is 427 g/mol. The summed E-state index contributed by atoms with van der Waals surface area (Å²) in [5.41, 5.74) is 5.47. The molecule has 3 rings (SSSR count). The number of carbonyl (C=O) groups is 1. The predicted molar refractivity (Wildman–Crippen MR) is 125 cm³/mol. The number of amides is 1. The van der Waals surface area contributed by atoms with Gasteiger partial charge in [-0.3, -0.25) is 19.1 Å². The van der Waals surface area contributed by atoms with Crippen molar-refractivity contribution >= 4 is 17.4 Å². The van der Waals surface area contributed by atoms with E-state index in [0.717, 1.165) is 5.56 Å². The van der Waals surface area contributed by atoms with Crippen molar-refractivity contribution in [2.75, 3.05) is 23.8 Å². The Morgan fingerprint density at radius 3 is 2.45 bits per heavy atom. The van der Waals surface area contributed by atoms with Crippen LogP contribution in [0.5, 0.6) is 5.75 Å². The molecule has 0 fully saturated rings. The van der Waals surface area contributed by atoms with Gasteiger partial charge in [0.1, 0.15) is 5.82 Å². The highest BCUT2D eigenvalue weighted by molar-refractivity contribution is 5.96. The molecule has 1 heterocycles. The van der Waals surface area contributed by atoms with Crippen LogP contribution >= 0.6 is 0 Å². The van der Waals surface area contributed by atoms with Crippen molar-refractivity contribution < 1.29 is 13.9 Å². The molecule has 0 radical (unpaired) electrons. The van der Waals surface area contributed by atoms with Gasteiger partial charge in [-0.25, -0.2) is 9.18 Å². The number of anilines is 2. The Labute approximate surface area is 190 Å². The number of rotatable bonds is 9. The Kier molecular flexibility index (Phi) is 7.66. The summed E-state index contributed by atoms with van der Waals surface area (Å²) in [6.45, 7) is 3.74. The lowest BCUT2D eigenvalue weighted by molar-refractivity contribution is -0.120. The molecule has 33 heavy (non-hydrogen) atoms. The first kappa shape index (κ1) is 23.8. The van der Waals surface area contributed by atoms with Crippen LogP contribution in [0.1, 0.15) is 25.8 Å². The second-order valence-electron chi connectivity index (χ2n) is 8.01. The number of H-pyrrole nitrogens is 1. The molecule has 174 valence electrons.